The lowest BCUT2D eigenvalue weighted by Crippen LogP contribution is -2.46. The molecule has 2 aromatic heterocycles. The minimum atomic E-state index is 0.187. The highest BCUT2D eigenvalue weighted by atomic mass is 79.9. The lowest BCUT2D eigenvalue weighted by atomic mass is 9.81. The average Bonchev–Trinajstić information content (AvgIpc) is 3.18. The fourth-order valence-electron chi connectivity index (χ4n) is 4.94. The molecule has 0 radical (unpaired) electrons. The summed E-state index contributed by atoms with van der Waals surface area (Å²) in [4.78, 5) is 11.7. The fourth-order valence-corrected chi connectivity index (χ4v) is 5.41. The molecule has 0 saturated carbocycles. The van der Waals surface area contributed by atoms with E-state index in [1.165, 1.54) is 5.56 Å². The molecule has 5 atom stereocenters. The highest BCUT2D eigenvalue weighted by Crippen LogP contribution is 2.39. The molecule has 5 heterocycles. The molecule has 3 fully saturated rings. The molecule has 4 unspecified atom stereocenters. The molecule has 0 spiro atoms. The van der Waals surface area contributed by atoms with Gasteiger partial charge in [-0.1, -0.05) is 6.07 Å². The van der Waals surface area contributed by atoms with Crippen molar-refractivity contribution in [2.24, 2.45) is 11.7 Å². The van der Waals surface area contributed by atoms with Gasteiger partial charge in [-0.3, -0.25) is 10.4 Å². The third-order valence-electron chi connectivity index (χ3n) is 6.47. The summed E-state index contributed by atoms with van der Waals surface area (Å²) in [6.07, 6.45) is 7.05. The van der Waals surface area contributed by atoms with Crippen molar-refractivity contribution in [2.45, 2.75) is 43.4 Å². The molecule has 29 heavy (non-hydrogen) atoms. The molecule has 8 heteroatoms. The molecule has 3 aliphatic rings. The van der Waals surface area contributed by atoms with E-state index in [1.807, 2.05) is 18.5 Å². The number of rotatable bonds is 3. The lowest BCUT2D eigenvalue weighted by molar-refractivity contribution is 0.265. The summed E-state index contributed by atoms with van der Waals surface area (Å²) in [6, 6.07) is 9.57. The van der Waals surface area contributed by atoms with Gasteiger partial charge in [0.2, 0.25) is 0 Å². The van der Waals surface area contributed by atoms with Gasteiger partial charge in [0.1, 0.15) is 5.82 Å². The van der Waals surface area contributed by atoms with Crippen molar-refractivity contribution in [1.29, 1.82) is 0 Å². The number of nitrogens with two attached hydrogens (primary N) is 1. The lowest BCUT2D eigenvalue weighted by Gasteiger charge is -2.35. The smallest absolute Gasteiger partial charge is 0.143 e. The van der Waals surface area contributed by atoms with Crippen LogP contribution in [0.2, 0.25) is 0 Å². The Morgan fingerprint density at radius 2 is 2.14 bits per heavy atom. The molecule has 0 amide bonds. The number of anilines is 1. The molecule has 0 bridgehead atoms. The van der Waals surface area contributed by atoms with Crippen LogP contribution in [0.3, 0.4) is 0 Å². The largest absolute Gasteiger partial charge is 0.354 e. The van der Waals surface area contributed by atoms with Gasteiger partial charge in [0.05, 0.1) is 16.2 Å². The van der Waals surface area contributed by atoms with E-state index < -0.39 is 0 Å². The SMILES string of the molecule is N[C@H]1CCCN(c2nc(C3NNC4CNC(c5cccnc5)CC43)ccc2Br)C1. The van der Waals surface area contributed by atoms with E-state index >= 15 is 0 Å². The van der Waals surface area contributed by atoms with Gasteiger partial charge in [0.25, 0.3) is 0 Å². The van der Waals surface area contributed by atoms with Crippen LogP contribution in [0.5, 0.6) is 0 Å². The number of hydrazine groups is 1. The van der Waals surface area contributed by atoms with Gasteiger partial charge in [0, 0.05) is 56.1 Å². The molecule has 7 nitrogen and oxygen atoms in total. The second-order valence-corrected chi connectivity index (χ2v) is 9.26. The molecule has 2 aromatic rings. The van der Waals surface area contributed by atoms with Crippen LogP contribution in [0, 0.1) is 5.92 Å². The van der Waals surface area contributed by atoms with Crippen molar-refractivity contribution in [1.82, 2.24) is 26.1 Å². The fraction of sp³-hybridized carbons (Fsp3) is 0.524. The molecule has 3 aliphatic heterocycles. The summed E-state index contributed by atoms with van der Waals surface area (Å²) in [5, 5.41) is 3.66. The third-order valence-corrected chi connectivity index (χ3v) is 7.09. The minimum absolute atomic E-state index is 0.187. The Hall–Kier alpha value is -1.58. The first-order valence-corrected chi connectivity index (χ1v) is 11.3. The Morgan fingerprint density at radius 1 is 1.21 bits per heavy atom. The van der Waals surface area contributed by atoms with Crippen LogP contribution < -0.4 is 26.8 Å². The van der Waals surface area contributed by atoms with E-state index in [0.29, 0.717) is 18.0 Å². The third kappa shape index (κ3) is 3.92. The van der Waals surface area contributed by atoms with Gasteiger partial charge in [-0.05, 0) is 59.0 Å². The average molecular weight is 458 g/mol. The van der Waals surface area contributed by atoms with E-state index in [2.05, 4.69) is 60.2 Å². The zero-order valence-electron chi connectivity index (χ0n) is 16.4. The summed E-state index contributed by atoms with van der Waals surface area (Å²) >= 11 is 3.71. The van der Waals surface area contributed by atoms with Crippen LogP contribution in [0.15, 0.2) is 41.1 Å². The van der Waals surface area contributed by atoms with E-state index in [0.717, 1.165) is 54.9 Å². The molecule has 154 valence electrons. The van der Waals surface area contributed by atoms with Gasteiger partial charge < -0.3 is 16.0 Å². The number of nitrogens with zero attached hydrogens (tertiary/aromatic N) is 3. The normalized spacial score (nSPS) is 32.2. The maximum Gasteiger partial charge on any atom is 0.143 e. The predicted molar refractivity (Wildman–Crippen MR) is 117 cm³/mol. The molecular formula is C21H28BrN7. The number of nitrogens with one attached hydrogen (secondary N) is 3. The Labute approximate surface area is 180 Å². The highest BCUT2D eigenvalue weighted by molar-refractivity contribution is 9.10. The van der Waals surface area contributed by atoms with Gasteiger partial charge in [0.15, 0.2) is 0 Å². The Balaban J connectivity index is 1.38. The van der Waals surface area contributed by atoms with Crippen molar-refractivity contribution < 1.29 is 0 Å². The van der Waals surface area contributed by atoms with Gasteiger partial charge >= 0.3 is 0 Å². The maximum atomic E-state index is 6.21. The number of pyridine rings is 2. The topological polar surface area (TPSA) is 91.1 Å². The standard InChI is InChI=1S/C21H28BrN7/c22-16-5-6-17(26-21(16)29-8-2-4-14(23)12-29)20-15-9-18(13-3-1-7-24-10-13)25-11-19(15)27-28-20/h1,3,5-7,10,14-15,18-20,25,27-28H,2,4,8-9,11-12,23H2/t14-,15?,18?,19?,20?/m0/s1. The number of hydrogen-bond acceptors (Lipinski definition) is 7. The quantitative estimate of drug-likeness (QED) is 0.560. The molecule has 5 rings (SSSR count). The summed E-state index contributed by atoms with van der Waals surface area (Å²) in [6.45, 7) is 2.81. The van der Waals surface area contributed by atoms with Gasteiger partial charge in [-0.2, -0.15) is 0 Å². The Kier molecular flexibility index (Phi) is 5.53. The van der Waals surface area contributed by atoms with Crippen LogP contribution in [-0.4, -0.2) is 41.7 Å². The zero-order valence-corrected chi connectivity index (χ0v) is 18.0. The highest BCUT2D eigenvalue weighted by Gasteiger charge is 2.42. The number of aromatic nitrogens is 2. The van der Waals surface area contributed by atoms with E-state index in [-0.39, 0.29) is 12.1 Å². The van der Waals surface area contributed by atoms with Gasteiger partial charge in [-0.15, -0.1) is 0 Å². The molecule has 5 N–H and O–H groups in total. The van der Waals surface area contributed by atoms with Crippen molar-refractivity contribution >= 4 is 21.7 Å². The van der Waals surface area contributed by atoms with Crippen LogP contribution in [0.4, 0.5) is 5.82 Å². The van der Waals surface area contributed by atoms with Crippen LogP contribution >= 0.6 is 15.9 Å². The monoisotopic (exact) mass is 457 g/mol. The van der Waals surface area contributed by atoms with Crippen LogP contribution in [0.25, 0.3) is 0 Å². The van der Waals surface area contributed by atoms with E-state index in [1.54, 1.807) is 0 Å². The number of piperidine rings is 2. The summed E-state index contributed by atoms with van der Waals surface area (Å²) in [7, 11) is 0. The maximum absolute atomic E-state index is 6.21. The Bertz CT molecular complexity index is 848. The summed E-state index contributed by atoms with van der Waals surface area (Å²) < 4.78 is 1.04. The minimum Gasteiger partial charge on any atom is -0.354 e. The Morgan fingerprint density at radius 3 is 2.97 bits per heavy atom. The van der Waals surface area contributed by atoms with Crippen LogP contribution in [-0.2, 0) is 0 Å². The van der Waals surface area contributed by atoms with Crippen molar-refractivity contribution in [2.75, 3.05) is 24.5 Å². The van der Waals surface area contributed by atoms with Crippen molar-refractivity contribution in [3.05, 3.63) is 52.4 Å². The van der Waals surface area contributed by atoms with E-state index in [4.69, 9.17) is 10.7 Å². The first-order valence-electron chi connectivity index (χ1n) is 10.5. The second kappa shape index (κ2) is 8.28. The van der Waals surface area contributed by atoms with Gasteiger partial charge in [-0.25, -0.2) is 10.4 Å². The number of hydrogen-bond donors (Lipinski definition) is 4. The first kappa shape index (κ1) is 19.4. The van der Waals surface area contributed by atoms with E-state index in [9.17, 15) is 0 Å². The summed E-state index contributed by atoms with van der Waals surface area (Å²) in [5.74, 6) is 1.48. The predicted octanol–water partition coefficient (Wildman–Crippen LogP) is 2.03. The summed E-state index contributed by atoms with van der Waals surface area (Å²) in [5.41, 5.74) is 15.6. The van der Waals surface area contributed by atoms with Crippen molar-refractivity contribution in [3.63, 3.8) is 0 Å². The molecule has 0 aromatic carbocycles. The van der Waals surface area contributed by atoms with Crippen molar-refractivity contribution in [3.8, 4) is 0 Å². The van der Waals surface area contributed by atoms with Crippen LogP contribution in [0.1, 0.15) is 42.6 Å². The number of fused-ring (bicyclic) bond motifs is 1. The molecule has 3 saturated heterocycles. The molecular weight excluding hydrogens is 430 g/mol. The first-order chi connectivity index (χ1) is 14.2. The molecule has 0 aliphatic carbocycles. The zero-order chi connectivity index (χ0) is 19.8. The number of halogens is 1. The second-order valence-electron chi connectivity index (χ2n) is 8.41.